The van der Waals surface area contributed by atoms with E-state index in [4.69, 9.17) is 30.3 Å². The standard InChI is InChI=1S/C13H19NO2.C2H2O4/c1-5-16-13(15)12(14)11-9(3)6-8(2)7-10(11)4;3-1(4)2(5)6/h6-7,12H,5,14H2,1-4H3;(H,3,4)(H,5,6). The van der Waals surface area contributed by atoms with Crippen molar-refractivity contribution >= 4 is 17.9 Å². The molecular formula is C15H21NO6. The van der Waals surface area contributed by atoms with Crippen LogP contribution < -0.4 is 5.73 Å². The molecule has 0 saturated carbocycles. The maximum absolute atomic E-state index is 11.6. The second-order valence-electron chi connectivity index (χ2n) is 4.65. The molecule has 7 nitrogen and oxygen atoms in total. The number of hydrogen-bond acceptors (Lipinski definition) is 5. The summed E-state index contributed by atoms with van der Waals surface area (Å²) in [5, 5.41) is 14.8. The molecule has 1 atom stereocenters. The van der Waals surface area contributed by atoms with Crippen LogP contribution in [0.1, 0.15) is 35.2 Å². The molecular weight excluding hydrogens is 290 g/mol. The Morgan fingerprint density at radius 3 is 1.82 bits per heavy atom. The van der Waals surface area contributed by atoms with E-state index in [1.165, 1.54) is 5.56 Å². The highest BCUT2D eigenvalue weighted by atomic mass is 16.5. The number of benzene rings is 1. The van der Waals surface area contributed by atoms with Crippen molar-refractivity contribution in [1.29, 1.82) is 0 Å². The molecule has 0 saturated heterocycles. The summed E-state index contributed by atoms with van der Waals surface area (Å²) in [5.74, 6) is -4.01. The number of esters is 1. The van der Waals surface area contributed by atoms with E-state index in [-0.39, 0.29) is 5.97 Å². The summed E-state index contributed by atoms with van der Waals surface area (Å²) < 4.78 is 4.93. The molecule has 0 aromatic heterocycles. The number of hydrogen-bond donors (Lipinski definition) is 3. The third kappa shape index (κ3) is 5.92. The fourth-order valence-corrected chi connectivity index (χ4v) is 2.03. The Bertz CT molecular complexity index is 532. The zero-order valence-electron chi connectivity index (χ0n) is 13.0. The van der Waals surface area contributed by atoms with Gasteiger partial charge in [-0.15, -0.1) is 0 Å². The van der Waals surface area contributed by atoms with Gasteiger partial charge in [0, 0.05) is 0 Å². The van der Waals surface area contributed by atoms with Gasteiger partial charge in [0.15, 0.2) is 0 Å². The summed E-state index contributed by atoms with van der Waals surface area (Å²) in [6, 6.07) is 3.38. The van der Waals surface area contributed by atoms with Crippen LogP contribution in [-0.4, -0.2) is 34.7 Å². The van der Waals surface area contributed by atoms with Gasteiger partial charge in [-0.3, -0.25) is 0 Å². The fraction of sp³-hybridized carbons (Fsp3) is 0.400. The Kier molecular flexibility index (Phi) is 7.82. The number of nitrogens with two attached hydrogens (primary N) is 1. The third-order valence-corrected chi connectivity index (χ3v) is 2.77. The van der Waals surface area contributed by atoms with Crippen LogP contribution in [0.2, 0.25) is 0 Å². The summed E-state index contributed by atoms with van der Waals surface area (Å²) >= 11 is 0. The number of rotatable bonds is 3. The molecule has 0 amide bonds. The minimum Gasteiger partial charge on any atom is -0.473 e. The topological polar surface area (TPSA) is 127 Å². The van der Waals surface area contributed by atoms with Gasteiger partial charge in [-0.05, 0) is 44.4 Å². The van der Waals surface area contributed by atoms with Crippen LogP contribution in [0, 0.1) is 20.8 Å². The Hall–Kier alpha value is -2.41. The quantitative estimate of drug-likeness (QED) is 0.567. The first-order valence-corrected chi connectivity index (χ1v) is 6.57. The molecule has 0 radical (unpaired) electrons. The predicted molar refractivity (Wildman–Crippen MR) is 79.5 cm³/mol. The SMILES string of the molecule is CCOC(=O)C(N)c1c(C)cc(C)cc1C.O=C(O)C(=O)O. The van der Waals surface area contributed by atoms with Crippen LogP contribution in [-0.2, 0) is 19.1 Å². The van der Waals surface area contributed by atoms with Gasteiger partial charge in [0.2, 0.25) is 0 Å². The molecule has 0 aliphatic heterocycles. The molecule has 1 rings (SSSR count). The number of aliphatic carboxylic acids is 2. The molecule has 0 aliphatic carbocycles. The summed E-state index contributed by atoms with van der Waals surface area (Å²) in [5.41, 5.74) is 10.0. The monoisotopic (exact) mass is 311 g/mol. The molecule has 0 spiro atoms. The molecule has 122 valence electrons. The van der Waals surface area contributed by atoms with E-state index < -0.39 is 18.0 Å². The van der Waals surface area contributed by atoms with Gasteiger partial charge in [-0.2, -0.15) is 0 Å². The van der Waals surface area contributed by atoms with Gasteiger partial charge in [0.05, 0.1) is 6.61 Å². The lowest BCUT2D eigenvalue weighted by molar-refractivity contribution is -0.159. The molecule has 7 heteroatoms. The van der Waals surface area contributed by atoms with E-state index in [1.54, 1.807) is 6.92 Å². The number of carboxylic acid groups (broad SMARTS) is 2. The largest absolute Gasteiger partial charge is 0.473 e. The minimum absolute atomic E-state index is 0.358. The molecule has 1 aromatic carbocycles. The Morgan fingerprint density at radius 1 is 1.09 bits per heavy atom. The van der Waals surface area contributed by atoms with Gasteiger partial charge in [-0.1, -0.05) is 17.7 Å². The van der Waals surface area contributed by atoms with E-state index in [2.05, 4.69) is 0 Å². The van der Waals surface area contributed by atoms with Gasteiger partial charge in [0.25, 0.3) is 0 Å². The van der Waals surface area contributed by atoms with Crippen LogP contribution in [0.4, 0.5) is 0 Å². The highest BCUT2D eigenvalue weighted by Gasteiger charge is 2.20. The van der Waals surface area contributed by atoms with Crippen LogP contribution in [0.25, 0.3) is 0 Å². The maximum Gasteiger partial charge on any atom is 0.414 e. The van der Waals surface area contributed by atoms with E-state index >= 15 is 0 Å². The molecule has 4 N–H and O–H groups in total. The first-order valence-electron chi connectivity index (χ1n) is 6.57. The number of ether oxygens (including phenoxy) is 1. The second kappa shape index (κ2) is 8.78. The molecule has 0 bridgehead atoms. The van der Waals surface area contributed by atoms with Crippen molar-refractivity contribution in [3.05, 3.63) is 34.4 Å². The van der Waals surface area contributed by atoms with Crippen molar-refractivity contribution < 1.29 is 29.3 Å². The minimum atomic E-state index is -1.82. The third-order valence-electron chi connectivity index (χ3n) is 2.77. The molecule has 1 aromatic rings. The zero-order chi connectivity index (χ0) is 17.4. The molecule has 0 fully saturated rings. The lowest BCUT2D eigenvalue weighted by Gasteiger charge is -2.17. The van der Waals surface area contributed by atoms with Crippen molar-refractivity contribution in [1.82, 2.24) is 0 Å². The number of carboxylic acids is 2. The van der Waals surface area contributed by atoms with Crippen LogP contribution in [0.5, 0.6) is 0 Å². The van der Waals surface area contributed by atoms with E-state index in [1.807, 2.05) is 32.9 Å². The maximum atomic E-state index is 11.6. The molecule has 1 unspecified atom stereocenters. The lowest BCUT2D eigenvalue weighted by Crippen LogP contribution is -2.25. The van der Waals surface area contributed by atoms with Gasteiger partial charge < -0.3 is 20.7 Å². The first kappa shape index (κ1) is 19.6. The predicted octanol–water partition coefficient (Wildman–Crippen LogP) is 1.33. The van der Waals surface area contributed by atoms with E-state index in [9.17, 15) is 4.79 Å². The van der Waals surface area contributed by atoms with Crippen molar-refractivity contribution in [2.75, 3.05) is 6.61 Å². The normalized spacial score (nSPS) is 11.0. The average Bonchev–Trinajstić information content (AvgIpc) is 2.38. The average molecular weight is 311 g/mol. The smallest absolute Gasteiger partial charge is 0.414 e. The lowest BCUT2D eigenvalue weighted by atomic mass is 9.94. The van der Waals surface area contributed by atoms with Gasteiger partial charge in [0.1, 0.15) is 6.04 Å². The van der Waals surface area contributed by atoms with E-state index in [0.29, 0.717) is 6.61 Å². The number of aryl methyl sites for hydroxylation is 3. The number of carbonyl (C=O) groups excluding carboxylic acids is 1. The summed E-state index contributed by atoms with van der Waals surface area (Å²) in [6.45, 7) is 8.10. The van der Waals surface area contributed by atoms with Crippen LogP contribution in [0.3, 0.4) is 0 Å². The van der Waals surface area contributed by atoms with Crippen molar-refractivity contribution in [3.63, 3.8) is 0 Å². The van der Waals surface area contributed by atoms with Crippen molar-refractivity contribution in [2.45, 2.75) is 33.7 Å². The molecule has 22 heavy (non-hydrogen) atoms. The van der Waals surface area contributed by atoms with Crippen LogP contribution in [0.15, 0.2) is 12.1 Å². The highest BCUT2D eigenvalue weighted by Crippen LogP contribution is 2.22. The molecule has 0 aliphatic rings. The summed E-state index contributed by atoms with van der Waals surface area (Å²) in [6.07, 6.45) is 0. The van der Waals surface area contributed by atoms with Gasteiger partial charge >= 0.3 is 17.9 Å². The van der Waals surface area contributed by atoms with Gasteiger partial charge in [-0.25, -0.2) is 14.4 Å². The fourth-order valence-electron chi connectivity index (χ4n) is 2.03. The van der Waals surface area contributed by atoms with Crippen LogP contribution >= 0.6 is 0 Å². The Morgan fingerprint density at radius 2 is 1.50 bits per heavy atom. The summed E-state index contributed by atoms with van der Waals surface area (Å²) in [4.78, 5) is 29.8. The zero-order valence-corrected chi connectivity index (χ0v) is 13.0. The highest BCUT2D eigenvalue weighted by molar-refractivity contribution is 6.27. The second-order valence-corrected chi connectivity index (χ2v) is 4.65. The summed E-state index contributed by atoms with van der Waals surface area (Å²) in [7, 11) is 0. The van der Waals surface area contributed by atoms with E-state index in [0.717, 1.165) is 16.7 Å². The Labute approximate surface area is 128 Å². The molecule has 0 heterocycles. The Balaban J connectivity index is 0.000000626. The van der Waals surface area contributed by atoms with Crippen molar-refractivity contribution in [2.24, 2.45) is 5.73 Å². The first-order chi connectivity index (χ1) is 10.1. The number of carbonyl (C=O) groups is 3. The van der Waals surface area contributed by atoms with Crippen molar-refractivity contribution in [3.8, 4) is 0 Å².